The summed E-state index contributed by atoms with van der Waals surface area (Å²) >= 11 is 0. The van der Waals surface area contributed by atoms with E-state index in [1.54, 1.807) is 27.7 Å². The molecule has 4 amide bonds. The van der Waals surface area contributed by atoms with Gasteiger partial charge in [-0.05, 0) is 39.0 Å². The van der Waals surface area contributed by atoms with Crippen LogP contribution in [0, 0.1) is 11.8 Å². The van der Waals surface area contributed by atoms with E-state index in [1.807, 2.05) is 0 Å². The first kappa shape index (κ1) is 35.5. The van der Waals surface area contributed by atoms with E-state index in [0.717, 1.165) is 7.11 Å². The number of likely N-dealkylation sites (tertiary alicyclic amines) is 1. The second-order valence-electron chi connectivity index (χ2n) is 10.3. The van der Waals surface area contributed by atoms with Gasteiger partial charge >= 0.3 is 11.9 Å². The first-order valence-electron chi connectivity index (χ1n) is 13.7. The van der Waals surface area contributed by atoms with Crippen LogP contribution in [0.1, 0.15) is 67.2 Å². The highest BCUT2D eigenvalue weighted by Crippen LogP contribution is 2.22. The van der Waals surface area contributed by atoms with Gasteiger partial charge in [-0.25, -0.2) is 14.6 Å². The predicted molar refractivity (Wildman–Crippen MR) is 145 cm³/mol. The number of nitrogens with zero attached hydrogens (tertiary/aromatic N) is 1. The van der Waals surface area contributed by atoms with Crippen LogP contribution in [0.2, 0.25) is 0 Å². The number of rotatable bonds is 15. The molecule has 0 aromatic carbocycles. The molecular weight excluding hydrogens is 540 g/mol. The molecule has 0 saturated carbocycles. The van der Waals surface area contributed by atoms with Crippen molar-refractivity contribution in [1.29, 1.82) is 0 Å². The Balaban J connectivity index is 2.94. The van der Waals surface area contributed by atoms with Crippen molar-refractivity contribution in [3.8, 4) is 0 Å². The van der Waals surface area contributed by atoms with E-state index in [9.17, 15) is 28.8 Å². The molecule has 1 heterocycles. The number of esters is 2. The summed E-state index contributed by atoms with van der Waals surface area (Å²) < 4.78 is 10.0. The minimum Gasteiger partial charge on any atom is -0.463 e. The van der Waals surface area contributed by atoms with Gasteiger partial charge in [-0.15, -0.1) is 0 Å². The van der Waals surface area contributed by atoms with Crippen molar-refractivity contribution in [2.24, 2.45) is 11.8 Å². The molecule has 0 aromatic heterocycles. The average molecular weight is 585 g/mol. The minimum atomic E-state index is -0.983. The van der Waals surface area contributed by atoms with Crippen LogP contribution in [0.5, 0.6) is 0 Å². The van der Waals surface area contributed by atoms with Crippen molar-refractivity contribution in [3.63, 3.8) is 0 Å². The number of hydrogen-bond acceptors (Lipinski definition) is 10. The molecule has 232 valence electrons. The fraction of sp³-hybridized carbons (Fsp3) is 0.704. The van der Waals surface area contributed by atoms with Crippen LogP contribution in [0.15, 0.2) is 11.5 Å². The summed E-state index contributed by atoms with van der Waals surface area (Å²) in [5.74, 6) is -4.99. The summed E-state index contributed by atoms with van der Waals surface area (Å²) in [6.45, 7) is 10.1. The summed E-state index contributed by atoms with van der Waals surface area (Å²) in [6, 6.07) is -2.77. The maximum Gasteiger partial charge on any atom is 0.375 e. The molecule has 0 bridgehead atoms. The minimum absolute atomic E-state index is 0.0508. The van der Waals surface area contributed by atoms with Crippen LogP contribution in [-0.2, 0) is 48.0 Å². The second kappa shape index (κ2) is 17.3. The number of amides is 4. The molecule has 1 fully saturated rings. The van der Waals surface area contributed by atoms with Gasteiger partial charge in [0.25, 0.3) is 0 Å². The molecule has 0 spiro atoms. The summed E-state index contributed by atoms with van der Waals surface area (Å²) in [5, 5.41) is 7.80. The lowest BCUT2D eigenvalue weighted by Gasteiger charge is -2.28. The van der Waals surface area contributed by atoms with Crippen LogP contribution in [0.3, 0.4) is 0 Å². The van der Waals surface area contributed by atoms with Crippen molar-refractivity contribution in [1.82, 2.24) is 20.9 Å². The molecule has 0 aromatic rings. The first-order valence-corrected chi connectivity index (χ1v) is 13.7. The van der Waals surface area contributed by atoms with Gasteiger partial charge in [0, 0.05) is 13.0 Å². The summed E-state index contributed by atoms with van der Waals surface area (Å²) in [7, 11) is 2.49. The van der Waals surface area contributed by atoms with Gasteiger partial charge in [0.1, 0.15) is 18.1 Å². The first-order chi connectivity index (χ1) is 19.2. The molecule has 1 aliphatic rings. The van der Waals surface area contributed by atoms with Crippen molar-refractivity contribution in [3.05, 3.63) is 11.5 Å². The van der Waals surface area contributed by atoms with Gasteiger partial charge in [0.15, 0.2) is 0 Å². The fourth-order valence-corrected chi connectivity index (χ4v) is 3.90. The summed E-state index contributed by atoms with van der Waals surface area (Å²) in [5.41, 5.74) is 0.0508. The average Bonchev–Trinajstić information content (AvgIpc) is 3.41. The smallest absolute Gasteiger partial charge is 0.375 e. The maximum absolute atomic E-state index is 13.3. The fourth-order valence-electron chi connectivity index (χ4n) is 3.90. The molecule has 3 N–H and O–H groups in total. The van der Waals surface area contributed by atoms with Gasteiger partial charge in [-0.2, -0.15) is 0 Å². The van der Waals surface area contributed by atoms with E-state index in [0.29, 0.717) is 19.3 Å². The Bertz CT molecular complexity index is 995. The molecule has 0 aliphatic carbocycles. The van der Waals surface area contributed by atoms with Crippen LogP contribution in [-0.4, -0.2) is 86.0 Å². The molecule has 0 radical (unpaired) electrons. The Labute approximate surface area is 240 Å². The number of carbonyl (C=O) groups excluding carboxylic acids is 6. The highest BCUT2D eigenvalue weighted by atomic mass is 17.2. The van der Waals surface area contributed by atoms with Crippen LogP contribution < -0.4 is 16.0 Å². The van der Waals surface area contributed by atoms with E-state index >= 15 is 0 Å². The number of nitrogens with one attached hydrogen (secondary N) is 3. The molecule has 1 rings (SSSR count). The Morgan fingerprint density at radius 1 is 0.902 bits per heavy atom. The SMILES string of the molecule is COOCCCC(=O)NC(C)C(=O)NC(C)C(=O)N1CCC[C@H]1C(=O)N/C(=C(/OC(=O)C(C)C)C(=O)OC)C(C)C. The molecule has 2 unspecified atom stereocenters. The molecular formula is C27H44N4O10. The molecule has 41 heavy (non-hydrogen) atoms. The van der Waals surface area contributed by atoms with E-state index < -0.39 is 65.4 Å². The van der Waals surface area contributed by atoms with Crippen molar-refractivity contribution in [2.45, 2.75) is 85.4 Å². The largest absolute Gasteiger partial charge is 0.463 e. The number of carbonyl (C=O) groups is 6. The maximum atomic E-state index is 13.3. The molecule has 1 aliphatic heterocycles. The van der Waals surface area contributed by atoms with Gasteiger partial charge < -0.3 is 30.3 Å². The van der Waals surface area contributed by atoms with Crippen LogP contribution >= 0.6 is 0 Å². The Morgan fingerprint density at radius 3 is 2.12 bits per heavy atom. The summed E-state index contributed by atoms with van der Waals surface area (Å²) in [6.07, 6.45) is 1.41. The standard InChI is InChI=1S/C27H44N4O10/c1-15(2)21(22(27(37)38-7)41-26(36)16(3)4)30-24(34)19-11-9-13-31(19)25(35)18(6)29-23(33)17(5)28-20(32)12-10-14-40-39-8/h15-19H,9-14H2,1-8H3,(H,28,32)(H,29,33)(H,30,34)/b22-21+/t17?,18?,19-/m0/s1. The topological polar surface area (TPSA) is 179 Å². The number of allylic oxidation sites excluding steroid dienone is 1. The third kappa shape index (κ3) is 11.1. The molecule has 3 atom stereocenters. The van der Waals surface area contributed by atoms with E-state index in [2.05, 4.69) is 20.8 Å². The van der Waals surface area contributed by atoms with Crippen molar-refractivity contribution in [2.75, 3.05) is 27.4 Å². The highest BCUT2D eigenvalue weighted by molar-refractivity contribution is 5.96. The predicted octanol–water partition coefficient (Wildman–Crippen LogP) is 0.701. The third-order valence-electron chi connectivity index (χ3n) is 6.21. The van der Waals surface area contributed by atoms with Crippen LogP contribution in [0.25, 0.3) is 0 Å². The van der Waals surface area contributed by atoms with E-state index in [-0.39, 0.29) is 31.2 Å². The Morgan fingerprint density at radius 2 is 1.56 bits per heavy atom. The Kier molecular flexibility index (Phi) is 15.0. The number of hydrogen-bond donors (Lipinski definition) is 3. The van der Waals surface area contributed by atoms with Gasteiger partial charge in [0.2, 0.25) is 29.4 Å². The highest BCUT2D eigenvalue weighted by Gasteiger charge is 2.38. The lowest BCUT2D eigenvalue weighted by atomic mass is 10.1. The van der Waals surface area contributed by atoms with Gasteiger partial charge in [-0.1, -0.05) is 27.7 Å². The van der Waals surface area contributed by atoms with Gasteiger partial charge in [-0.3, -0.25) is 24.0 Å². The van der Waals surface area contributed by atoms with Crippen molar-refractivity contribution < 1.29 is 48.0 Å². The summed E-state index contributed by atoms with van der Waals surface area (Å²) in [4.78, 5) is 86.4. The van der Waals surface area contributed by atoms with E-state index in [1.165, 1.54) is 25.9 Å². The lowest BCUT2D eigenvalue weighted by molar-refractivity contribution is -0.272. The zero-order chi connectivity index (χ0) is 31.3. The number of methoxy groups -OCH3 is 1. The lowest BCUT2D eigenvalue weighted by Crippen LogP contribution is -2.55. The van der Waals surface area contributed by atoms with Gasteiger partial charge in [0.05, 0.1) is 32.4 Å². The zero-order valence-electron chi connectivity index (χ0n) is 25.2. The molecule has 14 nitrogen and oxygen atoms in total. The van der Waals surface area contributed by atoms with E-state index in [4.69, 9.17) is 14.4 Å². The zero-order valence-corrected chi connectivity index (χ0v) is 25.2. The second-order valence-corrected chi connectivity index (χ2v) is 10.3. The quantitative estimate of drug-likeness (QED) is 0.0620. The molecule has 1 saturated heterocycles. The monoisotopic (exact) mass is 584 g/mol. The third-order valence-corrected chi connectivity index (χ3v) is 6.21. The number of ether oxygens (including phenoxy) is 2. The Hall–Kier alpha value is -3.52. The normalized spacial score (nSPS) is 16.9. The van der Waals surface area contributed by atoms with Crippen LogP contribution in [0.4, 0.5) is 0 Å². The van der Waals surface area contributed by atoms with Crippen molar-refractivity contribution >= 4 is 35.6 Å². The molecule has 14 heteroatoms.